The third kappa shape index (κ3) is 1.54. The van der Waals surface area contributed by atoms with Crippen LogP contribution >= 0.6 is 11.6 Å². The van der Waals surface area contributed by atoms with Gasteiger partial charge in [-0.25, -0.2) is 4.79 Å². The monoisotopic (exact) mass is 196 g/mol. The number of hydrogen-bond acceptors (Lipinski definition) is 1. The number of aromatic carboxylic acids is 1. The molecule has 0 amide bonds. The Bertz CT molecular complexity index is 356. The van der Waals surface area contributed by atoms with Crippen molar-refractivity contribution in [2.75, 3.05) is 0 Å². The fourth-order valence-electron chi connectivity index (χ4n) is 1.51. The van der Waals surface area contributed by atoms with Crippen LogP contribution in [-0.4, -0.2) is 11.1 Å². The minimum absolute atomic E-state index is 0.356. The Hall–Kier alpha value is -1.02. The van der Waals surface area contributed by atoms with Crippen LogP contribution in [0.2, 0.25) is 5.02 Å². The number of carbonyl (C=O) groups is 1. The van der Waals surface area contributed by atoms with Crippen LogP contribution in [-0.2, 0) is 0 Å². The van der Waals surface area contributed by atoms with Crippen molar-refractivity contribution < 1.29 is 9.90 Å². The van der Waals surface area contributed by atoms with Gasteiger partial charge in [0.05, 0.1) is 5.56 Å². The minimum Gasteiger partial charge on any atom is -0.478 e. The van der Waals surface area contributed by atoms with Crippen molar-refractivity contribution in [3.8, 4) is 0 Å². The van der Waals surface area contributed by atoms with Crippen molar-refractivity contribution in [3.63, 3.8) is 0 Å². The molecule has 1 aromatic rings. The maximum absolute atomic E-state index is 10.8. The molecule has 3 heteroatoms. The second kappa shape index (κ2) is 3.04. The Morgan fingerprint density at radius 1 is 1.46 bits per heavy atom. The lowest BCUT2D eigenvalue weighted by atomic mass is 10.0. The Morgan fingerprint density at radius 3 is 2.69 bits per heavy atom. The van der Waals surface area contributed by atoms with Gasteiger partial charge in [0, 0.05) is 5.02 Å². The zero-order valence-corrected chi connectivity index (χ0v) is 7.71. The fourth-order valence-corrected chi connectivity index (χ4v) is 1.84. The fraction of sp³-hybridized carbons (Fsp3) is 0.300. The van der Waals surface area contributed by atoms with Crippen LogP contribution in [0.5, 0.6) is 0 Å². The largest absolute Gasteiger partial charge is 0.478 e. The summed E-state index contributed by atoms with van der Waals surface area (Å²) in [5, 5.41) is 9.49. The number of rotatable bonds is 2. The topological polar surface area (TPSA) is 37.3 Å². The molecule has 0 heterocycles. The van der Waals surface area contributed by atoms with Crippen molar-refractivity contribution in [3.05, 3.63) is 34.3 Å². The molecule has 1 saturated carbocycles. The lowest BCUT2D eigenvalue weighted by Crippen LogP contribution is -2.01. The molecule has 68 valence electrons. The van der Waals surface area contributed by atoms with Crippen LogP contribution in [0.25, 0.3) is 0 Å². The van der Waals surface area contributed by atoms with Crippen molar-refractivity contribution in [2.24, 2.45) is 0 Å². The van der Waals surface area contributed by atoms with Crippen molar-refractivity contribution in [1.29, 1.82) is 0 Å². The number of carboxylic acid groups (broad SMARTS) is 1. The third-order valence-electron chi connectivity index (χ3n) is 2.27. The molecule has 0 spiro atoms. The zero-order valence-electron chi connectivity index (χ0n) is 6.96. The van der Waals surface area contributed by atoms with Gasteiger partial charge in [0.2, 0.25) is 0 Å². The van der Waals surface area contributed by atoms with Gasteiger partial charge in [-0.3, -0.25) is 0 Å². The van der Waals surface area contributed by atoms with E-state index >= 15 is 0 Å². The summed E-state index contributed by atoms with van der Waals surface area (Å²) in [5.74, 6) is -0.510. The number of halogens is 1. The normalized spacial score (nSPS) is 15.8. The average Bonchev–Trinajstić information content (AvgIpc) is 2.86. The highest BCUT2D eigenvalue weighted by molar-refractivity contribution is 6.32. The molecule has 1 aliphatic rings. The molecule has 0 bridgehead atoms. The summed E-state index contributed by atoms with van der Waals surface area (Å²) in [7, 11) is 0. The van der Waals surface area contributed by atoms with Crippen molar-refractivity contribution in [1.82, 2.24) is 0 Å². The molecular weight excluding hydrogens is 188 g/mol. The van der Waals surface area contributed by atoms with Crippen LogP contribution in [0.4, 0.5) is 0 Å². The number of benzene rings is 1. The summed E-state index contributed by atoms with van der Waals surface area (Å²) in [4.78, 5) is 10.8. The predicted octanol–water partition coefficient (Wildman–Crippen LogP) is 2.92. The van der Waals surface area contributed by atoms with E-state index in [1.807, 2.05) is 0 Å². The molecule has 2 nitrogen and oxygen atoms in total. The molecule has 0 aromatic heterocycles. The van der Waals surface area contributed by atoms with Gasteiger partial charge in [-0.1, -0.05) is 17.7 Å². The van der Waals surface area contributed by atoms with Crippen molar-refractivity contribution in [2.45, 2.75) is 18.8 Å². The first-order chi connectivity index (χ1) is 6.20. The maximum Gasteiger partial charge on any atom is 0.336 e. The smallest absolute Gasteiger partial charge is 0.336 e. The highest BCUT2D eigenvalue weighted by atomic mass is 35.5. The van der Waals surface area contributed by atoms with E-state index in [0.717, 1.165) is 18.4 Å². The Labute approximate surface area is 81.1 Å². The average molecular weight is 197 g/mol. The highest BCUT2D eigenvalue weighted by Crippen LogP contribution is 2.44. The van der Waals surface area contributed by atoms with Gasteiger partial charge in [-0.05, 0) is 36.5 Å². The second-order valence-corrected chi connectivity index (χ2v) is 3.69. The van der Waals surface area contributed by atoms with Gasteiger partial charge >= 0.3 is 5.97 Å². The van der Waals surface area contributed by atoms with E-state index in [0.29, 0.717) is 16.5 Å². The molecule has 13 heavy (non-hydrogen) atoms. The van der Waals surface area contributed by atoms with Crippen LogP contribution in [0.3, 0.4) is 0 Å². The van der Waals surface area contributed by atoms with Gasteiger partial charge in [-0.15, -0.1) is 0 Å². The van der Waals surface area contributed by atoms with E-state index < -0.39 is 5.97 Å². The van der Waals surface area contributed by atoms with Crippen LogP contribution in [0, 0.1) is 0 Å². The van der Waals surface area contributed by atoms with Gasteiger partial charge < -0.3 is 5.11 Å². The van der Waals surface area contributed by atoms with Gasteiger partial charge in [0.1, 0.15) is 0 Å². The molecule has 1 aliphatic carbocycles. The Morgan fingerprint density at radius 2 is 2.15 bits per heavy atom. The predicted molar refractivity (Wildman–Crippen MR) is 50.4 cm³/mol. The summed E-state index contributed by atoms with van der Waals surface area (Å²) < 4.78 is 0. The Balaban J connectivity index is 2.53. The van der Waals surface area contributed by atoms with E-state index in [4.69, 9.17) is 16.7 Å². The van der Waals surface area contributed by atoms with Gasteiger partial charge in [0.15, 0.2) is 0 Å². The second-order valence-electron chi connectivity index (χ2n) is 3.28. The van der Waals surface area contributed by atoms with E-state index in [-0.39, 0.29) is 0 Å². The number of hydrogen-bond donors (Lipinski definition) is 1. The standard InChI is InChI=1S/C10H9ClO2/c11-8-3-1-2-7(10(12)13)9(8)6-4-5-6/h1-3,6H,4-5H2,(H,12,13). The van der Waals surface area contributed by atoms with E-state index in [9.17, 15) is 4.79 Å². The molecule has 0 aliphatic heterocycles. The number of carboxylic acids is 1. The molecule has 0 radical (unpaired) electrons. The summed E-state index contributed by atoms with van der Waals surface area (Å²) in [6.45, 7) is 0. The first-order valence-electron chi connectivity index (χ1n) is 4.22. The van der Waals surface area contributed by atoms with Crippen molar-refractivity contribution >= 4 is 17.6 Å². The van der Waals surface area contributed by atoms with Gasteiger partial charge in [-0.2, -0.15) is 0 Å². The first-order valence-corrected chi connectivity index (χ1v) is 4.59. The van der Waals surface area contributed by atoms with Crippen LogP contribution < -0.4 is 0 Å². The molecule has 1 fully saturated rings. The molecule has 0 atom stereocenters. The van der Waals surface area contributed by atoms with Crippen LogP contribution in [0.15, 0.2) is 18.2 Å². The lowest BCUT2D eigenvalue weighted by molar-refractivity contribution is 0.0695. The lowest BCUT2D eigenvalue weighted by Gasteiger charge is -2.05. The SMILES string of the molecule is O=C(O)c1cccc(Cl)c1C1CC1. The quantitative estimate of drug-likeness (QED) is 0.790. The molecule has 1 N–H and O–H groups in total. The molecule has 0 saturated heterocycles. The van der Waals surface area contributed by atoms with E-state index in [1.165, 1.54) is 0 Å². The highest BCUT2D eigenvalue weighted by Gasteiger charge is 2.29. The van der Waals surface area contributed by atoms with E-state index in [1.54, 1.807) is 18.2 Å². The minimum atomic E-state index is -0.885. The Kier molecular flexibility index (Phi) is 2.00. The summed E-state index contributed by atoms with van der Waals surface area (Å²) >= 11 is 5.95. The maximum atomic E-state index is 10.8. The zero-order chi connectivity index (χ0) is 9.42. The first kappa shape index (κ1) is 8.57. The molecular formula is C10H9ClO2. The summed E-state index contributed by atoms with van der Waals surface area (Å²) in [6.07, 6.45) is 2.12. The molecule has 1 aromatic carbocycles. The van der Waals surface area contributed by atoms with Gasteiger partial charge in [0.25, 0.3) is 0 Å². The summed E-state index contributed by atoms with van der Waals surface area (Å²) in [6, 6.07) is 5.04. The third-order valence-corrected chi connectivity index (χ3v) is 2.60. The molecule has 2 rings (SSSR count). The summed E-state index contributed by atoms with van der Waals surface area (Å²) in [5.41, 5.74) is 1.17. The van der Waals surface area contributed by atoms with E-state index in [2.05, 4.69) is 0 Å². The molecule has 0 unspecified atom stereocenters. The van der Waals surface area contributed by atoms with Crippen LogP contribution in [0.1, 0.15) is 34.7 Å².